The average Bonchev–Trinajstić information content (AvgIpc) is 3.48. The number of benzene rings is 3. The summed E-state index contributed by atoms with van der Waals surface area (Å²) >= 11 is 2.75. The summed E-state index contributed by atoms with van der Waals surface area (Å²) < 4.78 is 36.2. The molecule has 1 aromatic heterocycles. The molecule has 4 aromatic rings. The molecule has 1 fully saturated rings. The Balaban J connectivity index is 0.000000644. The van der Waals surface area contributed by atoms with Gasteiger partial charge in [-0.3, -0.25) is 9.59 Å². The van der Waals surface area contributed by atoms with Crippen LogP contribution >= 0.6 is 23.1 Å². The number of anilines is 2. The van der Waals surface area contributed by atoms with Gasteiger partial charge in [-0.15, -0.1) is 23.1 Å². The minimum atomic E-state index is -5.08. The molecule has 1 saturated heterocycles. The van der Waals surface area contributed by atoms with E-state index in [1.165, 1.54) is 23.1 Å². The van der Waals surface area contributed by atoms with Gasteiger partial charge in [-0.25, -0.2) is 9.78 Å². The predicted octanol–water partition coefficient (Wildman–Crippen LogP) is 7.46. The molecule has 0 saturated carbocycles. The first-order valence-corrected chi connectivity index (χ1v) is 15.9. The highest BCUT2D eigenvalue weighted by Gasteiger charge is 2.38. The first kappa shape index (κ1) is 35.5. The maximum absolute atomic E-state index is 13.5. The molecular weight excluding hydrogens is 656 g/mol. The number of nitrogens with zero attached hydrogens (tertiary/aromatic N) is 2. The van der Waals surface area contributed by atoms with Gasteiger partial charge in [-0.2, -0.15) is 13.2 Å². The van der Waals surface area contributed by atoms with Crippen LogP contribution in [0.1, 0.15) is 29.9 Å². The van der Waals surface area contributed by atoms with Crippen LogP contribution in [-0.2, 0) is 14.3 Å². The zero-order valence-electron chi connectivity index (χ0n) is 25.6. The summed E-state index contributed by atoms with van der Waals surface area (Å²) in [6, 6.07) is 23.6. The van der Waals surface area contributed by atoms with Gasteiger partial charge in [-0.1, -0.05) is 42.0 Å². The number of aliphatic carboxylic acids is 2. The summed E-state index contributed by atoms with van der Waals surface area (Å²) in [7, 11) is 0. The van der Waals surface area contributed by atoms with Gasteiger partial charge in [0.2, 0.25) is 0 Å². The minimum absolute atomic E-state index is 0.271. The molecule has 1 aliphatic heterocycles. The van der Waals surface area contributed by atoms with Crippen molar-refractivity contribution in [2.45, 2.75) is 36.6 Å². The first-order chi connectivity index (χ1) is 22.1. The van der Waals surface area contributed by atoms with Gasteiger partial charge in [0.15, 0.2) is 0 Å². The van der Waals surface area contributed by atoms with E-state index in [0.717, 1.165) is 50.2 Å². The van der Waals surface area contributed by atoms with E-state index >= 15 is 0 Å². The van der Waals surface area contributed by atoms with Crippen molar-refractivity contribution in [2.24, 2.45) is 0 Å². The molecule has 0 atom stereocenters. The largest absolute Gasteiger partial charge is 0.490 e. The summed E-state index contributed by atoms with van der Waals surface area (Å²) in [5.41, 5.74) is 5.10. The van der Waals surface area contributed by atoms with E-state index in [4.69, 9.17) is 19.6 Å². The number of hydrogen-bond donors (Lipinski definition) is 3. The van der Waals surface area contributed by atoms with Crippen molar-refractivity contribution in [3.05, 3.63) is 84.1 Å². The number of aromatic nitrogens is 1. The third-order valence-electron chi connectivity index (χ3n) is 6.89. The van der Waals surface area contributed by atoms with E-state index in [-0.39, 0.29) is 5.91 Å². The molecular formula is C33H32F3N3O6S2. The molecule has 3 aromatic carbocycles. The monoisotopic (exact) mass is 687 g/mol. The molecule has 3 N–H and O–H groups in total. The second-order valence-electron chi connectivity index (χ2n) is 10.9. The van der Waals surface area contributed by atoms with Crippen molar-refractivity contribution in [3.63, 3.8) is 0 Å². The van der Waals surface area contributed by atoms with Gasteiger partial charge < -0.3 is 25.2 Å². The maximum atomic E-state index is 13.5. The number of aryl methyl sites for hydroxylation is 1. The number of morpholine rings is 1. The lowest BCUT2D eigenvalue weighted by atomic mass is 10.1. The highest BCUT2D eigenvalue weighted by molar-refractivity contribution is 8.01. The lowest BCUT2D eigenvalue weighted by Gasteiger charge is -2.28. The van der Waals surface area contributed by atoms with Gasteiger partial charge in [0, 0.05) is 34.9 Å². The smallest absolute Gasteiger partial charge is 0.480 e. The molecule has 0 unspecified atom stereocenters. The number of rotatable bonds is 8. The normalized spacial score (nSPS) is 13.4. The Kier molecular flexibility index (Phi) is 11.3. The van der Waals surface area contributed by atoms with Crippen molar-refractivity contribution < 1.29 is 42.5 Å². The summed E-state index contributed by atoms with van der Waals surface area (Å²) in [6.45, 7) is 8.53. The summed E-state index contributed by atoms with van der Waals surface area (Å²) in [6.07, 6.45) is -5.08. The quantitative estimate of drug-likeness (QED) is 0.162. The Morgan fingerprint density at radius 3 is 1.96 bits per heavy atom. The molecule has 9 nitrogen and oxygen atoms in total. The summed E-state index contributed by atoms with van der Waals surface area (Å²) in [5.74, 6) is -3.89. The molecule has 0 bridgehead atoms. The third-order valence-corrected chi connectivity index (χ3v) is 9.24. The molecule has 0 spiro atoms. The number of alkyl halides is 3. The number of carboxylic acids is 2. The Morgan fingerprint density at radius 2 is 1.43 bits per heavy atom. The predicted molar refractivity (Wildman–Crippen MR) is 176 cm³/mol. The topological polar surface area (TPSA) is 129 Å². The number of ether oxygens (including phenoxy) is 1. The fourth-order valence-corrected chi connectivity index (χ4v) is 6.29. The highest BCUT2D eigenvalue weighted by atomic mass is 32.2. The van der Waals surface area contributed by atoms with Gasteiger partial charge in [0.25, 0.3) is 5.91 Å². The molecule has 2 heterocycles. The van der Waals surface area contributed by atoms with E-state index in [9.17, 15) is 27.9 Å². The fraction of sp³-hybridized carbons (Fsp3) is 0.273. The summed E-state index contributed by atoms with van der Waals surface area (Å²) in [4.78, 5) is 42.6. The maximum Gasteiger partial charge on any atom is 0.490 e. The van der Waals surface area contributed by atoms with Crippen molar-refractivity contribution in [1.82, 2.24) is 4.98 Å². The minimum Gasteiger partial charge on any atom is -0.480 e. The van der Waals surface area contributed by atoms with Crippen molar-refractivity contribution in [3.8, 4) is 21.0 Å². The SMILES string of the molecule is Cc1ccc(-c2sc(-c3ccc(SC(C)(C)C(=O)O)cc3)nc2C(=O)Nc2ccc(N3CCOCC3)cc2)cc1.O=C(O)C(F)(F)F. The van der Waals surface area contributed by atoms with Gasteiger partial charge in [0.05, 0.1) is 18.1 Å². The van der Waals surface area contributed by atoms with E-state index in [1.807, 2.05) is 79.7 Å². The number of carbonyl (C=O) groups is 3. The number of thiazole rings is 1. The van der Waals surface area contributed by atoms with E-state index < -0.39 is 22.9 Å². The number of hydrogen-bond acceptors (Lipinski definition) is 8. The highest BCUT2D eigenvalue weighted by Crippen LogP contribution is 2.38. The average molecular weight is 688 g/mol. The molecule has 5 rings (SSSR count). The molecule has 1 aliphatic rings. The third kappa shape index (κ3) is 9.56. The first-order valence-electron chi connectivity index (χ1n) is 14.3. The van der Waals surface area contributed by atoms with Crippen molar-refractivity contribution >= 4 is 52.3 Å². The Bertz CT molecular complexity index is 1700. The number of thioether (sulfide) groups is 1. The summed E-state index contributed by atoms with van der Waals surface area (Å²) in [5, 5.41) is 20.3. The standard InChI is InChI=1S/C31H31N3O4S2.C2HF3O2/c1-20-4-6-21(7-5-20)27-26(28(35)32-23-10-12-24(13-11-23)34-16-18-38-19-17-34)33-29(39-27)22-8-14-25(15-9-22)40-31(2,3)30(36)37;3-2(4,5)1(6)7/h4-15H,16-19H2,1-3H3,(H,32,35)(H,36,37);(H,6,7). The van der Waals surface area contributed by atoms with Crippen LogP contribution in [0.4, 0.5) is 24.5 Å². The van der Waals surface area contributed by atoms with Crippen LogP contribution in [0.5, 0.6) is 0 Å². The van der Waals surface area contributed by atoms with Crippen LogP contribution in [0.3, 0.4) is 0 Å². The van der Waals surface area contributed by atoms with E-state index in [2.05, 4.69) is 10.2 Å². The van der Waals surface area contributed by atoms with Crippen LogP contribution in [0.2, 0.25) is 0 Å². The number of carboxylic acid groups (broad SMARTS) is 2. The molecule has 47 heavy (non-hydrogen) atoms. The second kappa shape index (κ2) is 15.0. The van der Waals surface area contributed by atoms with Crippen LogP contribution in [0.15, 0.2) is 77.7 Å². The Labute approximate surface area is 277 Å². The lowest BCUT2D eigenvalue weighted by Crippen LogP contribution is -2.36. The molecule has 0 radical (unpaired) electrons. The van der Waals surface area contributed by atoms with Crippen LogP contribution < -0.4 is 10.2 Å². The molecule has 248 valence electrons. The van der Waals surface area contributed by atoms with Gasteiger partial charge >= 0.3 is 18.1 Å². The van der Waals surface area contributed by atoms with Gasteiger partial charge in [-0.05, 0) is 62.7 Å². The number of carbonyl (C=O) groups excluding carboxylic acids is 1. The number of amides is 1. The second-order valence-corrected chi connectivity index (χ2v) is 13.6. The zero-order valence-corrected chi connectivity index (χ0v) is 27.3. The Hall–Kier alpha value is -4.40. The van der Waals surface area contributed by atoms with Gasteiger partial charge in [0.1, 0.15) is 15.4 Å². The lowest BCUT2D eigenvalue weighted by molar-refractivity contribution is -0.192. The molecule has 1 amide bonds. The molecule has 14 heteroatoms. The number of halogens is 3. The van der Waals surface area contributed by atoms with Crippen LogP contribution in [0, 0.1) is 6.92 Å². The fourth-order valence-electron chi connectivity index (χ4n) is 4.27. The van der Waals surface area contributed by atoms with E-state index in [0.29, 0.717) is 24.6 Å². The van der Waals surface area contributed by atoms with E-state index in [1.54, 1.807) is 13.8 Å². The van der Waals surface area contributed by atoms with Crippen molar-refractivity contribution in [2.75, 3.05) is 36.5 Å². The number of nitrogens with one attached hydrogen (secondary N) is 1. The molecule has 0 aliphatic carbocycles. The Morgan fingerprint density at radius 1 is 0.872 bits per heavy atom. The van der Waals surface area contributed by atoms with Crippen LogP contribution in [-0.4, -0.2) is 70.3 Å². The zero-order chi connectivity index (χ0) is 34.4. The van der Waals surface area contributed by atoms with Crippen LogP contribution in [0.25, 0.3) is 21.0 Å². The van der Waals surface area contributed by atoms with Crippen molar-refractivity contribution in [1.29, 1.82) is 0 Å².